The largest absolute Gasteiger partial charge is 0.372 e. The van der Waals surface area contributed by atoms with Gasteiger partial charge in [-0.2, -0.15) is 5.10 Å². The number of amides is 1. The van der Waals surface area contributed by atoms with Crippen LogP contribution < -0.4 is 10.9 Å². The molecule has 1 N–H and O–H groups in total. The summed E-state index contributed by atoms with van der Waals surface area (Å²) in [7, 11) is 0. The molecular weight excluding hydrogens is 426 g/mol. The fourth-order valence-electron chi connectivity index (χ4n) is 3.75. The Labute approximate surface area is 199 Å². The van der Waals surface area contributed by atoms with Crippen molar-refractivity contribution in [2.75, 3.05) is 0 Å². The number of ether oxygens (including phenoxy) is 1. The van der Waals surface area contributed by atoms with Gasteiger partial charge in [0, 0.05) is 18.5 Å². The van der Waals surface area contributed by atoms with Crippen molar-refractivity contribution in [3.05, 3.63) is 112 Å². The molecule has 0 radical (unpaired) electrons. The third-order valence-corrected chi connectivity index (χ3v) is 5.48. The standard InChI is InChI=1S/C28H29N3O3/c1-20(2)17-31-28(33)25-11-7-6-10-24(25)26(30-31)27(32)29-16-21-12-14-23(15-13-21)19-34-18-22-8-4-3-5-9-22/h3-15,20H,16-19H2,1-2H3,(H,29,32). The van der Waals surface area contributed by atoms with Crippen molar-refractivity contribution >= 4 is 16.7 Å². The fraction of sp³-hybridized carbons (Fsp3) is 0.250. The summed E-state index contributed by atoms with van der Waals surface area (Å²) in [6.45, 7) is 5.94. The maximum Gasteiger partial charge on any atom is 0.274 e. The van der Waals surface area contributed by atoms with Gasteiger partial charge in [0.25, 0.3) is 11.5 Å². The van der Waals surface area contributed by atoms with Crippen molar-refractivity contribution in [2.24, 2.45) is 5.92 Å². The lowest BCUT2D eigenvalue weighted by Crippen LogP contribution is -2.31. The molecule has 6 nitrogen and oxygen atoms in total. The highest BCUT2D eigenvalue weighted by Crippen LogP contribution is 2.14. The number of benzene rings is 3. The van der Waals surface area contributed by atoms with Crippen LogP contribution in [0.25, 0.3) is 10.8 Å². The van der Waals surface area contributed by atoms with E-state index in [1.807, 2.05) is 74.5 Å². The SMILES string of the molecule is CC(C)Cn1nc(C(=O)NCc2ccc(COCc3ccccc3)cc2)c2ccccc2c1=O. The first-order valence-corrected chi connectivity index (χ1v) is 11.5. The number of rotatable bonds is 9. The van der Waals surface area contributed by atoms with E-state index >= 15 is 0 Å². The van der Waals surface area contributed by atoms with E-state index in [0.717, 1.165) is 16.7 Å². The van der Waals surface area contributed by atoms with Crippen molar-refractivity contribution in [3.8, 4) is 0 Å². The zero-order valence-corrected chi connectivity index (χ0v) is 19.5. The topological polar surface area (TPSA) is 73.2 Å². The van der Waals surface area contributed by atoms with Gasteiger partial charge in [-0.15, -0.1) is 0 Å². The summed E-state index contributed by atoms with van der Waals surface area (Å²) < 4.78 is 7.18. The summed E-state index contributed by atoms with van der Waals surface area (Å²) in [5.74, 6) is -0.0681. The van der Waals surface area contributed by atoms with Crippen LogP contribution in [0.1, 0.15) is 41.0 Å². The summed E-state index contributed by atoms with van der Waals surface area (Å²) >= 11 is 0. The van der Waals surface area contributed by atoms with Crippen LogP contribution in [0, 0.1) is 5.92 Å². The number of carbonyl (C=O) groups is 1. The summed E-state index contributed by atoms with van der Waals surface area (Å²) in [4.78, 5) is 25.8. The summed E-state index contributed by atoms with van der Waals surface area (Å²) in [5, 5.41) is 8.41. The quantitative estimate of drug-likeness (QED) is 0.397. The van der Waals surface area contributed by atoms with E-state index in [-0.39, 0.29) is 23.1 Å². The van der Waals surface area contributed by atoms with Gasteiger partial charge in [0.15, 0.2) is 5.69 Å². The van der Waals surface area contributed by atoms with E-state index in [0.29, 0.717) is 37.1 Å². The summed E-state index contributed by atoms with van der Waals surface area (Å²) in [6.07, 6.45) is 0. The molecule has 0 spiro atoms. The van der Waals surface area contributed by atoms with Gasteiger partial charge in [0.1, 0.15) is 0 Å². The van der Waals surface area contributed by atoms with Crippen LogP contribution in [-0.4, -0.2) is 15.7 Å². The molecule has 1 aromatic heterocycles. The van der Waals surface area contributed by atoms with E-state index in [1.54, 1.807) is 18.2 Å². The van der Waals surface area contributed by atoms with Crippen molar-refractivity contribution in [2.45, 2.75) is 40.2 Å². The third kappa shape index (κ3) is 5.77. The number of hydrogen-bond donors (Lipinski definition) is 1. The first kappa shape index (κ1) is 23.4. The molecule has 0 saturated heterocycles. The van der Waals surface area contributed by atoms with Gasteiger partial charge in [-0.3, -0.25) is 9.59 Å². The molecule has 6 heteroatoms. The van der Waals surface area contributed by atoms with E-state index in [1.165, 1.54) is 4.68 Å². The van der Waals surface area contributed by atoms with Gasteiger partial charge >= 0.3 is 0 Å². The highest BCUT2D eigenvalue weighted by atomic mass is 16.5. The Hall–Kier alpha value is -3.77. The molecule has 3 aromatic carbocycles. The molecule has 0 saturated carbocycles. The van der Waals surface area contributed by atoms with Crippen LogP contribution in [0.15, 0.2) is 83.7 Å². The molecule has 34 heavy (non-hydrogen) atoms. The molecule has 4 aromatic rings. The van der Waals surface area contributed by atoms with Gasteiger partial charge in [0.05, 0.1) is 18.6 Å². The molecule has 0 aliphatic carbocycles. The van der Waals surface area contributed by atoms with E-state index in [2.05, 4.69) is 10.4 Å². The number of carbonyl (C=O) groups excluding carboxylic acids is 1. The molecule has 0 aliphatic rings. The normalized spacial score (nSPS) is 11.1. The lowest BCUT2D eigenvalue weighted by atomic mass is 10.1. The number of nitrogens with one attached hydrogen (secondary N) is 1. The Morgan fingerprint density at radius 1 is 0.853 bits per heavy atom. The second-order valence-electron chi connectivity index (χ2n) is 8.75. The predicted octanol–water partition coefficient (Wildman–Crippen LogP) is 4.70. The summed E-state index contributed by atoms with van der Waals surface area (Å²) in [6, 6.07) is 25.2. The second-order valence-corrected chi connectivity index (χ2v) is 8.75. The van der Waals surface area contributed by atoms with Crippen molar-refractivity contribution in [3.63, 3.8) is 0 Å². The van der Waals surface area contributed by atoms with Crippen LogP contribution in [0.2, 0.25) is 0 Å². The Balaban J connectivity index is 1.40. The van der Waals surface area contributed by atoms with Crippen LogP contribution in [-0.2, 0) is 31.0 Å². The minimum absolute atomic E-state index is 0.175. The second kappa shape index (κ2) is 10.9. The average molecular weight is 456 g/mol. The van der Waals surface area contributed by atoms with E-state index in [9.17, 15) is 9.59 Å². The molecule has 4 rings (SSSR count). The lowest BCUT2D eigenvalue weighted by Gasteiger charge is -2.13. The highest BCUT2D eigenvalue weighted by molar-refractivity contribution is 6.04. The molecule has 1 heterocycles. The minimum atomic E-state index is -0.302. The smallest absolute Gasteiger partial charge is 0.274 e. The molecule has 0 bridgehead atoms. The first-order valence-electron chi connectivity index (χ1n) is 11.5. The monoisotopic (exact) mass is 455 g/mol. The fourth-order valence-corrected chi connectivity index (χ4v) is 3.75. The van der Waals surface area contributed by atoms with Crippen molar-refractivity contribution in [1.29, 1.82) is 0 Å². The Kier molecular flexibility index (Phi) is 7.50. The molecule has 0 unspecified atom stereocenters. The molecule has 1 amide bonds. The molecule has 0 aliphatic heterocycles. The predicted molar refractivity (Wildman–Crippen MR) is 133 cm³/mol. The van der Waals surface area contributed by atoms with Crippen LogP contribution >= 0.6 is 0 Å². The number of fused-ring (bicyclic) bond motifs is 1. The zero-order chi connectivity index (χ0) is 23.9. The Bertz CT molecular complexity index is 1310. The first-order chi connectivity index (χ1) is 16.5. The van der Waals surface area contributed by atoms with Crippen molar-refractivity contribution in [1.82, 2.24) is 15.1 Å². The molecular formula is C28H29N3O3. The van der Waals surface area contributed by atoms with Gasteiger partial charge in [-0.1, -0.05) is 86.6 Å². The van der Waals surface area contributed by atoms with E-state index < -0.39 is 0 Å². The maximum absolute atomic E-state index is 13.0. The van der Waals surface area contributed by atoms with Crippen LogP contribution in [0.4, 0.5) is 0 Å². The Morgan fingerprint density at radius 3 is 2.12 bits per heavy atom. The lowest BCUT2D eigenvalue weighted by molar-refractivity contribution is 0.0945. The number of aromatic nitrogens is 2. The average Bonchev–Trinajstić information content (AvgIpc) is 2.85. The molecule has 0 fully saturated rings. The third-order valence-electron chi connectivity index (χ3n) is 5.48. The van der Waals surface area contributed by atoms with E-state index in [4.69, 9.17) is 4.74 Å². The van der Waals surface area contributed by atoms with Crippen LogP contribution in [0.3, 0.4) is 0 Å². The Morgan fingerprint density at radius 2 is 1.44 bits per heavy atom. The number of nitrogens with zero attached hydrogens (tertiary/aromatic N) is 2. The summed E-state index contributed by atoms with van der Waals surface area (Å²) in [5.41, 5.74) is 3.27. The van der Waals surface area contributed by atoms with Crippen LogP contribution in [0.5, 0.6) is 0 Å². The highest BCUT2D eigenvalue weighted by Gasteiger charge is 2.17. The maximum atomic E-state index is 13.0. The van der Waals surface area contributed by atoms with Crippen molar-refractivity contribution < 1.29 is 9.53 Å². The van der Waals surface area contributed by atoms with Gasteiger partial charge < -0.3 is 10.1 Å². The zero-order valence-electron chi connectivity index (χ0n) is 19.5. The van der Waals surface area contributed by atoms with Gasteiger partial charge in [-0.05, 0) is 28.7 Å². The molecule has 0 atom stereocenters. The molecule has 174 valence electrons. The minimum Gasteiger partial charge on any atom is -0.372 e. The van der Waals surface area contributed by atoms with Gasteiger partial charge in [0.2, 0.25) is 0 Å². The van der Waals surface area contributed by atoms with Gasteiger partial charge in [-0.25, -0.2) is 4.68 Å². The number of hydrogen-bond acceptors (Lipinski definition) is 4.